The third kappa shape index (κ3) is 4.50. The third-order valence-electron chi connectivity index (χ3n) is 3.30. The first kappa shape index (κ1) is 14.7. The molecule has 0 aliphatic carbocycles. The standard InChI is InChI=1S/C11H27AsOSi/c1-9(2)10(12)8-13-14(6,7)11(3,4)5/h9-10H,8,12H2,1-7H3. The third-order valence-corrected chi connectivity index (χ3v) is 9.82. The number of hydrogen-bond acceptors (Lipinski definition) is 1. The van der Waals surface area contributed by atoms with E-state index in [0.717, 1.165) is 17.2 Å². The summed E-state index contributed by atoms with van der Waals surface area (Å²) in [6.07, 6.45) is 0. The van der Waals surface area contributed by atoms with Gasteiger partial charge in [-0.15, -0.1) is 0 Å². The van der Waals surface area contributed by atoms with Crippen LogP contribution in [0.5, 0.6) is 0 Å². The topological polar surface area (TPSA) is 9.23 Å². The van der Waals surface area contributed by atoms with Gasteiger partial charge in [0.15, 0.2) is 0 Å². The predicted molar refractivity (Wildman–Crippen MR) is 70.3 cm³/mol. The summed E-state index contributed by atoms with van der Waals surface area (Å²) in [4.78, 5) is 0. The van der Waals surface area contributed by atoms with Gasteiger partial charge in [0, 0.05) is 0 Å². The van der Waals surface area contributed by atoms with Crippen LogP contribution in [-0.4, -0.2) is 31.8 Å². The quantitative estimate of drug-likeness (QED) is 0.718. The van der Waals surface area contributed by atoms with E-state index in [4.69, 9.17) is 4.43 Å². The molecule has 0 aromatic carbocycles. The van der Waals surface area contributed by atoms with Crippen LogP contribution in [0, 0.1) is 5.92 Å². The van der Waals surface area contributed by atoms with Gasteiger partial charge in [0.05, 0.1) is 0 Å². The van der Waals surface area contributed by atoms with E-state index < -0.39 is 8.32 Å². The van der Waals surface area contributed by atoms with Crippen molar-refractivity contribution in [1.82, 2.24) is 0 Å². The molecule has 0 aliphatic rings. The second-order valence-electron chi connectivity index (χ2n) is 5.98. The van der Waals surface area contributed by atoms with Crippen LogP contribution in [0.4, 0.5) is 0 Å². The van der Waals surface area contributed by atoms with Crippen molar-refractivity contribution < 1.29 is 4.43 Å². The number of hydrogen-bond donors (Lipinski definition) is 0. The molecule has 0 fully saturated rings. The van der Waals surface area contributed by atoms with Crippen molar-refractivity contribution in [2.75, 3.05) is 6.61 Å². The second-order valence-corrected chi connectivity index (χ2v) is 12.6. The summed E-state index contributed by atoms with van der Waals surface area (Å²) in [6.45, 7) is 17.1. The summed E-state index contributed by atoms with van der Waals surface area (Å²) in [5, 5.41) is 0.344. The number of rotatable bonds is 4. The molecule has 0 saturated carbocycles. The first-order valence-electron chi connectivity index (χ1n) is 5.47. The van der Waals surface area contributed by atoms with E-state index in [-0.39, 0.29) is 0 Å². The summed E-state index contributed by atoms with van der Waals surface area (Å²) < 4.78 is 6.90. The van der Waals surface area contributed by atoms with Crippen LogP contribution < -0.4 is 0 Å². The van der Waals surface area contributed by atoms with Gasteiger partial charge in [-0.05, 0) is 0 Å². The summed E-state index contributed by atoms with van der Waals surface area (Å²) >= 11 is 1.81. The maximum absolute atomic E-state index is 6.17. The molecule has 2 atom stereocenters. The summed E-state index contributed by atoms with van der Waals surface area (Å²) in [5.41, 5.74) is 0. The van der Waals surface area contributed by atoms with Crippen LogP contribution in [-0.2, 0) is 4.43 Å². The average Bonchev–Trinajstić information content (AvgIpc) is 1.97. The molecule has 0 aromatic heterocycles. The Morgan fingerprint density at radius 2 is 1.64 bits per heavy atom. The van der Waals surface area contributed by atoms with E-state index in [1.807, 2.05) is 16.9 Å². The van der Waals surface area contributed by atoms with Gasteiger partial charge in [-0.1, -0.05) is 0 Å². The molecular weight excluding hydrogens is 251 g/mol. The van der Waals surface area contributed by atoms with Gasteiger partial charge in [0.2, 0.25) is 0 Å². The predicted octanol–water partition coefficient (Wildman–Crippen LogP) is 3.09. The summed E-state index contributed by atoms with van der Waals surface area (Å²) in [6, 6.07) is 0. The molecule has 0 spiro atoms. The minimum absolute atomic E-state index is 0.344. The van der Waals surface area contributed by atoms with E-state index in [9.17, 15) is 0 Å². The fraction of sp³-hybridized carbons (Fsp3) is 1.00. The zero-order valence-electron chi connectivity index (χ0n) is 10.8. The zero-order valence-corrected chi connectivity index (χ0v) is 14.3. The minimum atomic E-state index is -1.50. The average molecular weight is 278 g/mol. The Morgan fingerprint density at radius 1 is 1.21 bits per heavy atom. The van der Waals surface area contributed by atoms with Crippen molar-refractivity contribution >= 4 is 25.2 Å². The molecule has 0 amide bonds. The van der Waals surface area contributed by atoms with E-state index >= 15 is 0 Å². The van der Waals surface area contributed by atoms with Gasteiger partial charge in [-0.3, -0.25) is 0 Å². The Hall–Kier alpha value is 0.735. The molecule has 0 radical (unpaired) electrons. The van der Waals surface area contributed by atoms with E-state index in [1.54, 1.807) is 0 Å². The van der Waals surface area contributed by atoms with Crippen molar-refractivity contribution in [1.29, 1.82) is 0 Å². The molecule has 0 aliphatic heterocycles. The molecule has 1 nitrogen and oxygen atoms in total. The van der Waals surface area contributed by atoms with Gasteiger partial charge in [0.25, 0.3) is 0 Å². The van der Waals surface area contributed by atoms with Crippen LogP contribution in [0.2, 0.25) is 22.8 Å². The fourth-order valence-electron chi connectivity index (χ4n) is 0.714. The Kier molecular flexibility index (Phi) is 5.45. The summed E-state index contributed by atoms with van der Waals surface area (Å²) in [5.74, 6) is 0.750. The van der Waals surface area contributed by atoms with Crippen LogP contribution in [0.1, 0.15) is 34.6 Å². The van der Waals surface area contributed by atoms with Crippen LogP contribution >= 0.6 is 0 Å². The molecule has 0 N–H and O–H groups in total. The van der Waals surface area contributed by atoms with Gasteiger partial charge in [-0.2, -0.15) is 0 Å². The molecule has 14 heavy (non-hydrogen) atoms. The molecule has 0 bridgehead atoms. The van der Waals surface area contributed by atoms with Crippen molar-refractivity contribution in [2.24, 2.45) is 5.92 Å². The normalized spacial score (nSPS) is 16.1. The Bertz CT molecular complexity index is 173. The fourth-order valence-corrected chi connectivity index (χ4v) is 2.36. The molecular formula is C11H27AsOSi. The van der Waals surface area contributed by atoms with E-state index in [1.165, 1.54) is 0 Å². The van der Waals surface area contributed by atoms with Crippen molar-refractivity contribution in [3.8, 4) is 0 Å². The van der Waals surface area contributed by atoms with Gasteiger partial charge in [-0.25, -0.2) is 0 Å². The van der Waals surface area contributed by atoms with Crippen LogP contribution in [0.15, 0.2) is 0 Å². The molecule has 0 aromatic rings. The van der Waals surface area contributed by atoms with Crippen molar-refractivity contribution in [2.45, 2.75) is 57.5 Å². The first-order valence-corrected chi connectivity index (χ1v) is 9.78. The van der Waals surface area contributed by atoms with Crippen molar-refractivity contribution in [3.05, 3.63) is 0 Å². The van der Waals surface area contributed by atoms with Crippen LogP contribution in [0.25, 0.3) is 0 Å². The van der Waals surface area contributed by atoms with Crippen LogP contribution in [0.3, 0.4) is 0 Å². The first-order chi connectivity index (χ1) is 6.08. The molecule has 2 unspecified atom stereocenters. The Balaban J connectivity index is 4.13. The monoisotopic (exact) mass is 278 g/mol. The van der Waals surface area contributed by atoms with E-state index in [0.29, 0.717) is 5.04 Å². The Labute approximate surface area is 99.6 Å². The molecule has 0 saturated heterocycles. The maximum atomic E-state index is 6.17. The molecule has 0 heterocycles. The zero-order chi connectivity index (χ0) is 11.6. The Morgan fingerprint density at radius 3 is 1.93 bits per heavy atom. The SMILES string of the molecule is CC(C)C([AsH2])CO[Si](C)(C)C(C)(C)C. The molecule has 3 heteroatoms. The van der Waals surface area contributed by atoms with E-state index in [2.05, 4.69) is 47.7 Å². The van der Waals surface area contributed by atoms with Gasteiger partial charge >= 0.3 is 99.6 Å². The second kappa shape index (κ2) is 5.18. The van der Waals surface area contributed by atoms with Crippen molar-refractivity contribution in [3.63, 3.8) is 0 Å². The molecule has 86 valence electrons. The van der Waals surface area contributed by atoms with Gasteiger partial charge < -0.3 is 0 Å². The molecule has 0 rings (SSSR count). The summed E-state index contributed by atoms with van der Waals surface area (Å²) in [7, 11) is -1.50. The van der Waals surface area contributed by atoms with Gasteiger partial charge in [0.1, 0.15) is 0 Å².